The van der Waals surface area contributed by atoms with Crippen LogP contribution in [0.3, 0.4) is 0 Å². The highest BCUT2D eigenvalue weighted by Crippen LogP contribution is 2.46. The maximum absolute atomic E-state index is 7.08. The van der Waals surface area contributed by atoms with Crippen molar-refractivity contribution in [3.8, 4) is 0 Å². The molecule has 0 aromatic heterocycles. The first kappa shape index (κ1) is 13.7. The molecule has 1 N–H and O–H groups in total. The van der Waals surface area contributed by atoms with Crippen LogP contribution in [-0.4, -0.2) is 25.7 Å². The predicted molar refractivity (Wildman–Crippen MR) is 83.7 cm³/mol. The van der Waals surface area contributed by atoms with Crippen LogP contribution in [0.1, 0.15) is 26.2 Å². The quantitative estimate of drug-likeness (QED) is 0.792. The van der Waals surface area contributed by atoms with Crippen LogP contribution in [0.5, 0.6) is 0 Å². The normalized spacial score (nSPS) is 24.9. The molecule has 3 rings (SSSR count). The predicted octanol–water partition coefficient (Wildman–Crippen LogP) is 3.86. The van der Waals surface area contributed by atoms with E-state index in [0.717, 1.165) is 25.3 Å². The van der Waals surface area contributed by atoms with Crippen LogP contribution < -0.4 is 10.2 Å². The summed E-state index contributed by atoms with van der Waals surface area (Å²) in [7, 11) is 0. The highest BCUT2D eigenvalue weighted by atomic mass is 35.5. The Morgan fingerprint density at radius 1 is 1.35 bits per heavy atom. The molecule has 4 heteroatoms. The zero-order valence-corrected chi connectivity index (χ0v) is 12.6. The van der Waals surface area contributed by atoms with Crippen molar-refractivity contribution < 1.29 is 0 Å². The van der Waals surface area contributed by atoms with Crippen LogP contribution in [0.4, 0.5) is 11.4 Å². The molecular formula is C16H20ClN3. The number of hydrogen-bond acceptors (Lipinski definition) is 2. The van der Waals surface area contributed by atoms with Crippen molar-refractivity contribution in [2.75, 3.05) is 24.5 Å². The first-order chi connectivity index (χ1) is 9.66. The molecule has 2 aliphatic rings. The van der Waals surface area contributed by atoms with Crippen molar-refractivity contribution in [3.63, 3.8) is 0 Å². The Balaban J connectivity index is 1.85. The molecule has 0 amide bonds. The molecule has 20 heavy (non-hydrogen) atoms. The van der Waals surface area contributed by atoms with Gasteiger partial charge in [-0.15, -0.1) is 0 Å². The summed E-state index contributed by atoms with van der Waals surface area (Å²) in [5, 5.41) is 4.03. The van der Waals surface area contributed by atoms with Gasteiger partial charge >= 0.3 is 0 Å². The number of anilines is 1. The van der Waals surface area contributed by atoms with Gasteiger partial charge in [-0.25, -0.2) is 4.85 Å². The minimum Gasteiger partial charge on any atom is -0.368 e. The second-order valence-corrected chi connectivity index (χ2v) is 6.39. The molecule has 0 bridgehead atoms. The number of benzene rings is 1. The van der Waals surface area contributed by atoms with E-state index in [0.29, 0.717) is 22.2 Å². The molecule has 0 radical (unpaired) electrons. The molecule has 3 nitrogen and oxygen atoms in total. The Bertz CT molecular complexity index is 543. The van der Waals surface area contributed by atoms with E-state index < -0.39 is 0 Å². The summed E-state index contributed by atoms with van der Waals surface area (Å²) in [6.45, 7) is 12.8. The molecule has 2 heterocycles. The molecule has 1 aromatic rings. The molecule has 0 aliphatic carbocycles. The van der Waals surface area contributed by atoms with Crippen LogP contribution in [0, 0.1) is 12.0 Å². The van der Waals surface area contributed by atoms with Gasteiger partial charge in [0.25, 0.3) is 0 Å². The van der Waals surface area contributed by atoms with Crippen LogP contribution in [0.15, 0.2) is 18.2 Å². The fourth-order valence-corrected chi connectivity index (χ4v) is 4.00. The van der Waals surface area contributed by atoms with Crippen molar-refractivity contribution in [1.29, 1.82) is 0 Å². The highest BCUT2D eigenvalue weighted by molar-refractivity contribution is 6.33. The second-order valence-electron chi connectivity index (χ2n) is 5.98. The fourth-order valence-electron chi connectivity index (χ4n) is 3.79. The van der Waals surface area contributed by atoms with E-state index in [-0.39, 0.29) is 0 Å². The van der Waals surface area contributed by atoms with Gasteiger partial charge in [0, 0.05) is 23.3 Å². The molecular weight excluding hydrogens is 270 g/mol. The summed E-state index contributed by atoms with van der Waals surface area (Å²) >= 11 is 6.18. The number of nitrogens with zero attached hydrogens (tertiary/aromatic N) is 2. The largest absolute Gasteiger partial charge is 0.368 e. The average Bonchev–Trinajstić information content (AvgIpc) is 2.77. The summed E-state index contributed by atoms with van der Waals surface area (Å²) in [4.78, 5) is 5.89. The lowest BCUT2D eigenvalue weighted by Gasteiger charge is -2.40. The summed E-state index contributed by atoms with van der Waals surface area (Å²) in [5.41, 5.74) is 2.15. The summed E-state index contributed by atoms with van der Waals surface area (Å²) in [5.74, 6) is 0. The van der Waals surface area contributed by atoms with Crippen molar-refractivity contribution >= 4 is 23.0 Å². The van der Waals surface area contributed by atoms with Gasteiger partial charge in [-0.2, -0.15) is 0 Å². The Labute approximate surface area is 125 Å². The number of piperidine rings is 1. The number of hydrogen-bond donors (Lipinski definition) is 1. The van der Waals surface area contributed by atoms with Crippen LogP contribution in [0.2, 0.25) is 5.02 Å². The van der Waals surface area contributed by atoms with Crippen LogP contribution >= 0.6 is 11.6 Å². The van der Waals surface area contributed by atoms with Gasteiger partial charge in [0.1, 0.15) is 0 Å². The van der Waals surface area contributed by atoms with E-state index in [1.807, 2.05) is 18.2 Å². The minimum atomic E-state index is 0.455. The first-order valence-corrected chi connectivity index (χ1v) is 7.68. The molecule has 2 fully saturated rings. The number of nitrogens with one attached hydrogen (secondary N) is 1. The lowest BCUT2D eigenvalue weighted by molar-refractivity contribution is 0.191. The maximum Gasteiger partial charge on any atom is 0.205 e. The minimum absolute atomic E-state index is 0.455. The lowest BCUT2D eigenvalue weighted by atomic mass is 9.73. The summed E-state index contributed by atoms with van der Waals surface area (Å²) in [6, 6.07) is 6.37. The zero-order chi connectivity index (χ0) is 14.2. The van der Waals surface area contributed by atoms with Crippen molar-refractivity contribution in [1.82, 2.24) is 5.32 Å². The topological polar surface area (TPSA) is 19.6 Å². The molecule has 0 saturated carbocycles. The van der Waals surface area contributed by atoms with E-state index in [1.165, 1.54) is 19.3 Å². The van der Waals surface area contributed by atoms with E-state index in [4.69, 9.17) is 18.2 Å². The fraction of sp³-hybridized carbons (Fsp3) is 0.562. The smallest absolute Gasteiger partial charge is 0.205 e. The molecule has 1 unspecified atom stereocenters. The van der Waals surface area contributed by atoms with Gasteiger partial charge in [-0.1, -0.05) is 17.7 Å². The van der Waals surface area contributed by atoms with Crippen molar-refractivity contribution in [2.24, 2.45) is 5.41 Å². The monoisotopic (exact) mass is 289 g/mol. The van der Waals surface area contributed by atoms with Gasteiger partial charge in [0.15, 0.2) is 0 Å². The number of halogens is 1. The Morgan fingerprint density at radius 3 is 2.75 bits per heavy atom. The molecule has 1 atom stereocenters. The zero-order valence-electron chi connectivity index (χ0n) is 11.8. The molecule has 1 aromatic carbocycles. The molecule has 2 saturated heterocycles. The van der Waals surface area contributed by atoms with Gasteiger partial charge < -0.3 is 10.2 Å². The molecule has 1 spiro atoms. The van der Waals surface area contributed by atoms with Gasteiger partial charge in [0.2, 0.25) is 5.69 Å². The van der Waals surface area contributed by atoms with Crippen LogP contribution in [0.25, 0.3) is 4.85 Å². The summed E-state index contributed by atoms with van der Waals surface area (Å²) in [6.07, 6.45) is 3.79. The molecule has 2 aliphatic heterocycles. The van der Waals surface area contributed by atoms with Gasteiger partial charge in [-0.3, -0.25) is 0 Å². The van der Waals surface area contributed by atoms with E-state index in [1.54, 1.807) is 0 Å². The Morgan fingerprint density at radius 2 is 2.10 bits per heavy atom. The lowest BCUT2D eigenvalue weighted by Crippen LogP contribution is -2.44. The maximum atomic E-state index is 7.08. The average molecular weight is 290 g/mol. The van der Waals surface area contributed by atoms with Gasteiger partial charge in [-0.05, 0) is 56.8 Å². The standard InChI is InChI=1S/C16H20ClN3/c1-12-16(5-8-19-9-6-16)7-10-20(12)13-3-4-15(18-2)14(17)11-13/h3-4,11-12,19H,5-10H2,1H3. The van der Waals surface area contributed by atoms with E-state index >= 15 is 0 Å². The Hall–Kier alpha value is -1.24. The summed E-state index contributed by atoms with van der Waals surface area (Å²) < 4.78 is 0. The number of rotatable bonds is 1. The van der Waals surface area contributed by atoms with Crippen molar-refractivity contribution in [2.45, 2.75) is 32.2 Å². The first-order valence-electron chi connectivity index (χ1n) is 7.31. The third-order valence-corrected chi connectivity index (χ3v) is 5.49. The van der Waals surface area contributed by atoms with Crippen molar-refractivity contribution in [3.05, 3.63) is 34.6 Å². The third kappa shape index (κ3) is 2.17. The van der Waals surface area contributed by atoms with E-state index in [9.17, 15) is 0 Å². The third-order valence-electron chi connectivity index (χ3n) is 5.19. The molecule has 106 valence electrons. The van der Waals surface area contributed by atoms with E-state index in [2.05, 4.69) is 22.0 Å². The van der Waals surface area contributed by atoms with Gasteiger partial charge in [0.05, 0.1) is 6.57 Å². The second kappa shape index (κ2) is 5.27. The Kier molecular flexibility index (Phi) is 3.62. The highest BCUT2D eigenvalue weighted by Gasteiger charge is 2.45. The SMILES string of the molecule is [C-]#[N+]c1ccc(N2CCC3(CCNCC3)C2C)cc1Cl. The van der Waals surface area contributed by atoms with Crippen LogP contribution in [-0.2, 0) is 0 Å².